The number of primary amides is 1. The molecular formula is C24H36N8O6. The molecule has 38 heavy (non-hydrogen) atoms. The predicted molar refractivity (Wildman–Crippen MR) is 138 cm³/mol. The maximum Gasteiger partial charge on any atom is 0.326 e. The summed E-state index contributed by atoms with van der Waals surface area (Å²) in [5.41, 5.74) is 22.6. The van der Waals surface area contributed by atoms with Gasteiger partial charge in [0.25, 0.3) is 0 Å². The lowest BCUT2D eigenvalue weighted by molar-refractivity contribution is -0.145. The van der Waals surface area contributed by atoms with Gasteiger partial charge >= 0.3 is 5.97 Å². The van der Waals surface area contributed by atoms with Crippen molar-refractivity contribution >= 4 is 35.6 Å². The molecule has 2 rings (SSSR count). The highest BCUT2D eigenvalue weighted by molar-refractivity contribution is 5.96. The summed E-state index contributed by atoms with van der Waals surface area (Å²) in [6, 6.07) is 4.52. The number of nitrogens with zero attached hydrogens (tertiary/aromatic N) is 2. The van der Waals surface area contributed by atoms with Crippen LogP contribution >= 0.6 is 0 Å². The molecule has 1 fully saturated rings. The number of amides is 4. The number of hydrogen-bond acceptors (Lipinski definition) is 7. The van der Waals surface area contributed by atoms with Crippen LogP contribution in [0, 0.1) is 0 Å². The number of likely N-dealkylation sites (tertiary alicyclic amines) is 1. The van der Waals surface area contributed by atoms with E-state index in [2.05, 4.69) is 15.6 Å². The molecule has 0 aromatic heterocycles. The first kappa shape index (κ1) is 30.0. The Morgan fingerprint density at radius 2 is 1.74 bits per heavy atom. The fourth-order valence-electron chi connectivity index (χ4n) is 4.17. The maximum absolute atomic E-state index is 13.3. The van der Waals surface area contributed by atoms with Crippen LogP contribution in [0.5, 0.6) is 0 Å². The van der Waals surface area contributed by atoms with Gasteiger partial charge in [0.2, 0.25) is 23.6 Å². The second-order valence-electron chi connectivity index (χ2n) is 9.07. The van der Waals surface area contributed by atoms with Crippen LogP contribution in [-0.4, -0.2) is 82.8 Å². The first-order chi connectivity index (χ1) is 18.0. The summed E-state index contributed by atoms with van der Waals surface area (Å²) in [4.78, 5) is 67.4. The summed E-state index contributed by atoms with van der Waals surface area (Å²) >= 11 is 0. The van der Waals surface area contributed by atoms with Gasteiger partial charge in [0.1, 0.15) is 18.1 Å². The van der Waals surface area contributed by atoms with Gasteiger partial charge in [-0.05, 0) is 37.7 Å². The third-order valence-electron chi connectivity index (χ3n) is 6.05. The molecule has 208 valence electrons. The highest BCUT2D eigenvalue weighted by Gasteiger charge is 2.39. The molecule has 0 aliphatic carbocycles. The van der Waals surface area contributed by atoms with Crippen LogP contribution in [0.1, 0.15) is 37.7 Å². The molecule has 0 saturated carbocycles. The van der Waals surface area contributed by atoms with E-state index in [1.165, 1.54) is 4.90 Å². The molecule has 1 heterocycles. The topological polar surface area (TPSA) is 249 Å². The Bertz CT molecular complexity index is 1030. The third kappa shape index (κ3) is 9.35. The lowest BCUT2D eigenvalue weighted by atomic mass is 10.0. The van der Waals surface area contributed by atoms with Crippen molar-refractivity contribution in [3.05, 3.63) is 35.9 Å². The Hall–Kier alpha value is -4.20. The van der Waals surface area contributed by atoms with Crippen molar-refractivity contribution in [1.82, 2.24) is 15.5 Å². The quantitative estimate of drug-likeness (QED) is 0.0760. The molecule has 1 saturated heterocycles. The molecular weight excluding hydrogens is 496 g/mol. The number of carbonyl (C=O) groups excluding carboxylic acids is 4. The van der Waals surface area contributed by atoms with E-state index in [0.717, 1.165) is 5.56 Å². The van der Waals surface area contributed by atoms with Crippen LogP contribution in [0.3, 0.4) is 0 Å². The van der Waals surface area contributed by atoms with Crippen LogP contribution in [0.15, 0.2) is 35.3 Å². The van der Waals surface area contributed by atoms with Crippen molar-refractivity contribution in [1.29, 1.82) is 0 Å². The molecule has 4 unspecified atom stereocenters. The van der Waals surface area contributed by atoms with Crippen molar-refractivity contribution in [2.45, 2.75) is 62.7 Å². The van der Waals surface area contributed by atoms with E-state index >= 15 is 0 Å². The van der Waals surface area contributed by atoms with E-state index in [1.54, 1.807) is 24.3 Å². The minimum Gasteiger partial charge on any atom is -0.480 e. The van der Waals surface area contributed by atoms with Gasteiger partial charge < -0.3 is 43.6 Å². The Balaban J connectivity index is 2.06. The van der Waals surface area contributed by atoms with E-state index in [9.17, 15) is 29.1 Å². The normalized spacial score (nSPS) is 17.1. The average Bonchev–Trinajstić information content (AvgIpc) is 3.35. The number of carboxylic acids is 1. The largest absolute Gasteiger partial charge is 0.480 e. The summed E-state index contributed by atoms with van der Waals surface area (Å²) in [5.74, 6) is -4.19. The number of guanidine groups is 1. The zero-order chi connectivity index (χ0) is 28.2. The molecule has 1 aromatic carbocycles. The van der Waals surface area contributed by atoms with E-state index in [1.807, 2.05) is 6.07 Å². The second kappa shape index (κ2) is 14.5. The Morgan fingerprint density at radius 3 is 2.34 bits per heavy atom. The molecule has 1 aliphatic heterocycles. The fraction of sp³-hybridized carbons (Fsp3) is 0.500. The van der Waals surface area contributed by atoms with Gasteiger partial charge in [0, 0.05) is 13.1 Å². The number of aliphatic imine (C=N–C) groups is 1. The van der Waals surface area contributed by atoms with Gasteiger partial charge in [-0.3, -0.25) is 24.2 Å². The van der Waals surface area contributed by atoms with Crippen LogP contribution in [0.4, 0.5) is 0 Å². The number of rotatable bonds is 14. The Morgan fingerprint density at radius 1 is 1.05 bits per heavy atom. The molecule has 4 amide bonds. The lowest BCUT2D eigenvalue weighted by Gasteiger charge is -2.29. The Kier molecular flexibility index (Phi) is 11.5. The summed E-state index contributed by atoms with van der Waals surface area (Å²) in [6.07, 6.45) is 0.838. The standard InChI is InChI=1S/C24H36N8O6/c25-15(12-14-6-2-1-3-7-14)20(34)31-17(13-19(26)33)22(36)32-11-5-9-18(32)21(35)30-16(23(37)38)8-4-10-29-24(27)28/h1-3,6-7,15-18H,4-5,8-13,25H2,(H2,26,33)(H,30,35)(H,31,34)(H,37,38)(H4,27,28,29). The number of carboxylic acid groups (broad SMARTS) is 1. The molecule has 0 radical (unpaired) electrons. The first-order valence-electron chi connectivity index (χ1n) is 12.3. The molecule has 1 aromatic rings. The van der Waals surface area contributed by atoms with E-state index in [0.29, 0.717) is 12.8 Å². The predicted octanol–water partition coefficient (Wildman–Crippen LogP) is -2.47. The van der Waals surface area contributed by atoms with Crippen molar-refractivity contribution in [2.24, 2.45) is 27.9 Å². The summed E-state index contributed by atoms with van der Waals surface area (Å²) in [6.45, 7) is 0.372. The van der Waals surface area contributed by atoms with E-state index < -0.39 is 60.2 Å². The van der Waals surface area contributed by atoms with Crippen molar-refractivity contribution in [3.8, 4) is 0 Å². The highest BCUT2D eigenvalue weighted by Crippen LogP contribution is 2.20. The summed E-state index contributed by atoms with van der Waals surface area (Å²) in [5, 5.41) is 14.4. The van der Waals surface area contributed by atoms with Crippen molar-refractivity contribution < 1.29 is 29.1 Å². The van der Waals surface area contributed by atoms with Crippen LogP contribution in [0.2, 0.25) is 0 Å². The van der Waals surface area contributed by atoms with E-state index in [4.69, 9.17) is 22.9 Å². The highest BCUT2D eigenvalue weighted by atomic mass is 16.4. The SMILES string of the molecule is NC(=O)CC(NC(=O)C(N)Cc1ccccc1)C(=O)N1CCCC1C(=O)NC(CCCN=C(N)N)C(=O)O. The fourth-order valence-corrected chi connectivity index (χ4v) is 4.17. The van der Waals surface area contributed by atoms with E-state index in [-0.39, 0.29) is 38.3 Å². The maximum atomic E-state index is 13.3. The molecule has 14 nitrogen and oxygen atoms in total. The monoisotopic (exact) mass is 532 g/mol. The molecule has 1 aliphatic rings. The molecule has 0 spiro atoms. The number of aliphatic carboxylic acids is 1. The smallest absolute Gasteiger partial charge is 0.326 e. The van der Waals surface area contributed by atoms with Gasteiger partial charge in [-0.25, -0.2) is 4.79 Å². The number of hydrogen-bond donors (Lipinski definition) is 7. The van der Waals surface area contributed by atoms with Gasteiger partial charge in [-0.1, -0.05) is 30.3 Å². The lowest BCUT2D eigenvalue weighted by Crippen LogP contribution is -2.57. The van der Waals surface area contributed by atoms with Crippen LogP contribution < -0.4 is 33.6 Å². The zero-order valence-corrected chi connectivity index (χ0v) is 21.0. The summed E-state index contributed by atoms with van der Waals surface area (Å²) < 4.78 is 0. The minimum atomic E-state index is -1.33. The second-order valence-corrected chi connectivity index (χ2v) is 9.07. The van der Waals surface area contributed by atoms with Gasteiger partial charge in [0.15, 0.2) is 5.96 Å². The zero-order valence-electron chi connectivity index (χ0n) is 21.0. The number of carbonyl (C=O) groups is 5. The number of benzene rings is 1. The third-order valence-corrected chi connectivity index (χ3v) is 6.05. The Labute approximate surface area is 220 Å². The van der Waals surface area contributed by atoms with Gasteiger partial charge in [-0.15, -0.1) is 0 Å². The first-order valence-corrected chi connectivity index (χ1v) is 12.3. The van der Waals surface area contributed by atoms with Gasteiger partial charge in [0.05, 0.1) is 12.5 Å². The van der Waals surface area contributed by atoms with Crippen molar-refractivity contribution in [3.63, 3.8) is 0 Å². The minimum absolute atomic E-state index is 0.0676. The van der Waals surface area contributed by atoms with Crippen molar-refractivity contribution in [2.75, 3.05) is 13.1 Å². The van der Waals surface area contributed by atoms with Gasteiger partial charge in [-0.2, -0.15) is 0 Å². The molecule has 0 bridgehead atoms. The molecule has 4 atom stereocenters. The number of nitrogens with one attached hydrogen (secondary N) is 2. The van der Waals surface area contributed by atoms with Crippen LogP contribution in [0.25, 0.3) is 0 Å². The van der Waals surface area contributed by atoms with Crippen LogP contribution in [-0.2, 0) is 30.4 Å². The number of nitrogens with two attached hydrogens (primary N) is 4. The summed E-state index contributed by atoms with van der Waals surface area (Å²) in [7, 11) is 0. The molecule has 11 N–H and O–H groups in total. The average molecular weight is 533 g/mol. The molecule has 14 heteroatoms.